The number of fused-ring (bicyclic) bond motifs is 2. The molecule has 0 N–H and O–H groups in total. The van der Waals surface area contributed by atoms with Gasteiger partial charge in [-0.2, -0.15) is 0 Å². The second-order valence-corrected chi connectivity index (χ2v) is 45.1. The fourth-order valence-corrected chi connectivity index (χ4v) is 40.2. The highest BCUT2D eigenvalue weighted by molar-refractivity contribution is 6.91. The second-order valence-electron chi connectivity index (χ2n) is 19.6. The molecule has 0 aromatic heterocycles. The zero-order valence-corrected chi connectivity index (χ0v) is 47.6. The number of ether oxygens (including phenoxy) is 2. The van der Waals surface area contributed by atoms with Crippen LogP contribution in [0.3, 0.4) is 0 Å². The molecular formula is C40H90O12Si7. The lowest BCUT2D eigenvalue weighted by atomic mass is 9.88. The highest BCUT2D eigenvalue weighted by atomic mass is 28.5. The van der Waals surface area contributed by atoms with Crippen molar-refractivity contribution in [2.75, 3.05) is 39.6 Å². The lowest BCUT2D eigenvalue weighted by molar-refractivity contribution is 0.0689. The lowest BCUT2D eigenvalue weighted by Gasteiger charge is -2.45. The summed E-state index contributed by atoms with van der Waals surface area (Å²) in [4.78, 5) is 0. The van der Waals surface area contributed by atoms with Crippen molar-refractivity contribution in [1.82, 2.24) is 0 Å². The van der Waals surface area contributed by atoms with Gasteiger partial charge in [-0.05, 0) is 182 Å². The van der Waals surface area contributed by atoms with Crippen molar-refractivity contribution >= 4 is 59.9 Å². The third-order valence-electron chi connectivity index (χ3n) is 11.1. The average molecular weight is 960 g/mol. The number of hydrogen-bond acceptors (Lipinski definition) is 12. The first kappa shape index (κ1) is 54.4. The van der Waals surface area contributed by atoms with Crippen molar-refractivity contribution in [3.05, 3.63) is 0 Å². The molecule has 2 heterocycles. The molecule has 0 amide bonds. The molecule has 2 saturated heterocycles. The molecule has 350 valence electrons. The van der Waals surface area contributed by atoms with Crippen LogP contribution in [0.1, 0.15) is 92.9 Å². The minimum absolute atomic E-state index is 0.484. The number of epoxide rings is 2. The Labute approximate surface area is 369 Å². The van der Waals surface area contributed by atoms with E-state index in [0.29, 0.717) is 76.0 Å². The summed E-state index contributed by atoms with van der Waals surface area (Å²) in [5.74, 6) is 1.43. The predicted molar refractivity (Wildman–Crippen MR) is 253 cm³/mol. The Bertz CT molecular complexity index is 1180. The fourth-order valence-electron chi connectivity index (χ4n) is 9.36. The zero-order valence-electron chi connectivity index (χ0n) is 40.6. The lowest BCUT2D eigenvalue weighted by Crippen LogP contribution is -2.61. The van der Waals surface area contributed by atoms with E-state index in [1.807, 2.05) is 41.5 Å². The molecule has 8 unspecified atom stereocenters. The number of rotatable bonds is 29. The van der Waals surface area contributed by atoms with Gasteiger partial charge in [0.05, 0.1) is 24.4 Å². The van der Waals surface area contributed by atoms with Crippen LogP contribution in [0.5, 0.6) is 0 Å². The summed E-state index contributed by atoms with van der Waals surface area (Å²) in [5, 5.41) is 0. The van der Waals surface area contributed by atoms with Gasteiger partial charge in [-0.1, -0.05) is 0 Å². The Kier molecular flexibility index (Phi) is 22.1. The normalized spacial score (nSPS) is 26.8. The molecule has 4 aliphatic rings. The van der Waals surface area contributed by atoms with Gasteiger partial charge in [-0.15, -0.1) is 0 Å². The maximum atomic E-state index is 7.37. The Morgan fingerprint density at radius 3 is 1.14 bits per heavy atom. The molecule has 0 aromatic carbocycles. The zero-order chi connectivity index (χ0) is 44.2. The van der Waals surface area contributed by atoms with E-state index >= 15 is 0 Å². The minimum atomic E-state index is -2.84. The summed E-state index contributed by atoms with van der Waals surface area (Å²) in [5.41, 5.74) is 0. The van der Waals surface area contributed by atoms with E-state index in [-0.39, 0.29) is 0 Å². The summed E-state index contributed by atoms with van der Waals surface area (Å²) < 4.78 is 76.0. The minimum Gasteiger partial charge on any atom is -0.437 e. The molecule has 2 aliphatic carbocycles. The highest BCUT2D eigenvalue weighted by Crippen LogP contribution is 2.44. The van der Waals surface area contributed by atoms with E-state index in [2.05, 4.69) is 65.5 Å². The Morgan fingerprint density at radius 1 is 0.390 bits per heavy atom. The van der Waals surface area contributed by atoms with E-state index in [4.69, 9.17) is 52.5 Å². The topological polar surface area (TPSA) is 117 Å². The predicted octanol–water partition coefficient (Wildman–Crippen LogP) is 10.6. The standard InChI is InChI=1S/C26H62O8Si6.C14H28O4Si/c1-14-27-40(28-15-2,29-16-3)22-21-39(13,32-36(7,8)9)34-38(12,33-37(10,11)31-35(4,5)6)20-19-24-17-18-25-26(23-24)30-25;1-4-15-19(16-5-2,17-6-3)10-9-12-7-8-13-14(11-12)18-13/h24-26H,14-23H2,1-13H3;12-14H,4-11H2,1-3H3. The molecule has 12 nitrogen and oxygen atoms in total. The van der Waals surface area contributed by atoms with Gasteiger partial charge in [0.25, 0.3) is 0 Å². The van der Waals surface area contributed by atoms with E-state index in [0.717, 1.165) is 36.9 Å². The van der Waals surface area contributed by atoms with Gasteiger partial charge >= 0.3 is 43.3 Å². The maximum absolute atomic E-state index is 7.37. The Morgan fingerprint density at radius 2 is 0.763 bits per heavy atom. The first-order chi connectivity index (χ1) is 27.5. The first-order valence-corrected chi connectivity index (χ1v) is 42.0. The van der Waals surface area contributed by atoms with Crippen molar-refractivity contribution in [2.45, 2.75) is 207 Å². The highest BCUT2D eigenvalue weighted by Gasteiger charge is 2.53. The van der Waals surface area contributed by atoms with Crippen LogP contribution < -0.4 is 0 Å². The van der Waals surface area contributed by atoms with Crippen LogP contribution in [0, 0.1) is 11.8 Å². The molecule has 2 aliphatic heterocycles. The molecule has 4 fully saturated rings. The molecule has 59 heavy (non-hydrogen) atoms. The summed E-state index contributed by atoms with van der Waals surface area (Å²) in [6, 6.07) is 3.34. The summed E-state index contributed by atoms with van der Waals surface area (Å²) in [7, 11) is -16.8. The number of hydrogen-bond donors (Lipinski definition) is 0. The summed E-state index contributed by atoms with van der Waals surface area (Å²) in [6.45, 7) is 38.2. The molecule has 0 spiro atoms. The fraction of sp³-hybridized carbons (Fsp3) is 1.00. The van der Waals surface area contributed by atoms with Crippen LogP contribution in [0.15, 0.2) is 0 Å². The van der Waals surface area contributed by atoms with Gasteiger partial charge in [-0.25, -0.2) is 0 Å². The van der Waals surface area contributed by atoms with Crippen molar-refractivity contribution in [1.29, 1.82) is 0 Å². The van der Waals surface area contributed by atoms with Gasteiger partial charge in [0.2, 0.25) is 0 Å². The third-order valence-corrected chi connectivity index (χ3v) is 35.9. The van der Waals surface area contributed by atoms with Crippen LogP contribution in [-0.2, 0) is 52.5 Å². The SMILES string of the molecule is CCO[Si](CCC1CCC2OC2C1)(OCC)OCC.CCO[Si](CC[Si](C)(O[Si](C)(C)C)O[Si](C)(CCC1CCC2OC2C1)O[Si](C)(C)O[Si](C)(C)C)(OCC)OCC. The van der Waals surface area contributed by atoms with Gasteiger partial charge in [-0.3, -0.25) is 0 Å². The summed E-state index contributed by atoms with van der Waals surface area (Å²) in [6.07, 6.45) is 11.8. The molecule has 19 heteroatoms. The molecule has 4 rings (SSSR count). The molecule has 0 aromatic rings. The van der Waals surface area contributed by atoms with Crippen LogP contribution in [0.25, 0.3) is 0 Å². The summed E-state index contributed by atoms with van der Waals surface area (Å²) >= 11 is 0. The van der Waals surface area contributed by atoms with Gasteiger partial charge in [0.15, 0.2) is 16.6 Å². The first-order valence-electron chi connectivity index (χ1n) is 23.4. The Balaban J connectivity index is 0.000000405. The molecule has 0 radical (unpaired) electrons. The van der Waals surface area contributed by atoms with Crippen LogP contribution in [-0.4, -0.2) is 124 Å². The van der Waals surface area contributed by atoms with Gasteiger partial charge < -0.3 is 52.5 Å². The monoisotopic (exact) mass is 958 g/mol. The van der Waals surface area contributed by atoms with Gasteiger partial charge in [0.1, 0.15) is 0 Å². The molecule has 8 atom stereocenters. The molecule has 2 saturated carbocycles. The van der Waals surface area contributed by atoms with E-state index in [1.165, 1.54) is 38.5 Å². The molecular weight excluding hydrogens is 869 g/mol. The Hall–Kier alpha value is 1.04. The van der Waals surface area contributed by atoms with Crippen molar-refractivity contribution in [2.24, 2.45) is 11.8 Å². The van der Waals surface area contributed by atoms with Crippen molar-refractivity contribution < 1.29 is 52.5 Å². The smallest absolute Gasteiger partial charge is 0.437 e. The third kappa shape index (κ3) is 20.0. The van der Waals surface area contributed by atoms with Crippen molar-refractivity contribution in [3.8, 4) is 0 Å². The second kappa shape index (κ2) is 24.0. The van der Waals surface area contributed by atoms with Crippen LogP contribution >= 0.6 is 0 Å². The largest absolute Gasteiger partial charge is 0.500 e. The van der Waals surface area contributed by atoms with E-state index in [1.54, 1.807) is 0 Å². The van der Waals surface area contributed by atoms with Crippen LogP contribution in [0.2, 0.25) is 89.6 Å². The van der Waals surface area contributed by atoms with E-state index < -0.39 is 59.9 Å². The van der Waals surface area contributed by atoms with Gasteiger partial charge in [0, 0.05) is 51.7 Å². The quantitative estimate of drug-likeness (QED) is 0.0525. The average Bonchev–Trinajstić information content (AvgIpc) is 4.03. The van der Waals surface area contributed by atoms with Crippen molar-refractivity contribution in [3.63, 3.8) is 0 Å². The van der Waals surface area contributed by atoms with Crippen LogP contribution in [0.4, 0.5) is 0 Å². The van der Waals surface area contributed by atoms with E-state index in [9.17, 15) is 0 Å². The maximum Gasteiger partial charge on any atom is 0.500 e. The molecule has 0 bridgehead atoms.